The molecule has 1 aromatic rings. The van der Waals surface area contributed by atoms with Crippen molar-refractivity contribution in [3.8, 4) is 0 Å². The molecule has 19 heavy (non-hydrogen) atoms. The van der Waals surface area contributed by atoms with Crippen molar-refractivity contribution in [3.63, 3.8) is 0 Å². The van der Waals surface area contributed by atoms with E-state index in [1.807, 2.05) is 0 Å². The van der Waals surface area contributed by atoms with E-state index in [0.29, 0.717) is 29.9 Å². The molecule has 1 aliphatic rings. The number of hydrogen-bond acceptors (Lipinski definition) is 5. The van der Waals surface area contributed by atoms with Gasteiger partial charge in [-0.3, -0.25) is 4.79 Å². The molecule has 0 radical (unpaired) electrons. The second-order valence-corrected chi connectivity index (χ2v) is 5.45. The molecule has 0 amide bonds. The highest BCUT2D eigenvalue weighted by atomic mass is 79.9. The maximum absolute atomic E-state index is 11.8. The van der Waals surface area contributed by atoms with Gasteiger partial charge in [0.2, 0.25) is 0 Å². The summed E-state index contributed by atoms with van der Waals surface area (Å²) < 4.78 is 12.8. The zero-order chi connectivity index (χ0) is 13.9. The molecule has 0 saturated carbocycles. The summed E-state index contributed by atoms with van der Waals surface area (Å²) in [4.78, 5) is 11.8. The molecule has 1 aromatic heterocycles. The van der Waals surface area contributed by atoms with E-state index in [4.69, 9.17) is 9.47 Å². The van der Waals surface area contributed by atoms with Crippen molar-refractivity contribution < 1.29 is 9.47 Å². The molecule has 2 heterocycles. The van der Waals surface area contributed by atoms with Crippen LogP contribution in [-0.4, -0.2) is 42.2 Å². The Labute approximate surface area is 120 Å². The molecule has 2 rings (SSSR count). The van der Waals surface area contributed by atoms with Gasteiger partial charge in [-0.05, 0) is 15.9 Å². The highest BCUT2D eigenvalue weighted by molar-refractivity contribution is 9.10. The zero-order valence-electron chi connectivity index (χ0n) is 11.1. The maximum Gasteiger partial charge on any atom is 0.282 e. The Kier molecular flexibility index (Phi) is 4.59. The van der Waals surface area contributed by atoms with E-state index in [-0.39, 0.29) is 11.2 Å². The Morgan fingerprint density at radius 3 is 2.89 bits per heavy atom. The summed E-state index contributed by atoms with van der Waals surface area (Å²) in [5, 5.41) is 7.24. The van der Waals surface area contributed by atoms with Gasteiger partial charge in [0.05, 0.1) is 17.5 Å². The third-order valence-corrected chi connectivity index (χ3v) is 4.28. The molecule has 1 saturated heterocycles. The second-order valence-electron chi connectivity index (χ2n) is 4.65. The number of hydrogen-bond donors (Lipinski definition) is 1. The summed E-state index contributed by atoms with van der Waals surface area (Å²) >= 11 is 3.29. The van der Waals surface area contributed by atoms with E-state index < -0.39 is 0 Å². The smallest absolute Gasteiger partial charge is 0.282 e. The molecule has 0 spiro atoms. The van der Waals surface area contributed by atoms with Gasteiger partial charge in [-0.2, -0.15) is 5.10 Å². The number of rotatable bonds is 4. The lowest BCUT2D eigenvalue weighted by atomic mass is 9.94. The fourth-order valence-electron chi connectivity index (χ4n) is 2.09. The van der Waals surface area contributed by atoms with Gasteiger partial charge in [-0.15, -0.1) is 0 Å². The Bertz CT molecular complexity index is 497. The van der Waals surface area contributed by atoms with Crippen LogP contribution in [0.25, 0.3) is 0 Å². The van der Waals surface area contributed by atoms with E-state index in [2.05, 4.69) is 26.3 Å². The van der Waals surface area contributed by atoms with Crippen molar-refractivity contribution in [1.82, 2.24) is 9.78 Å². The van der Waals surface area contributed by atoms with Crippen LogP contribution in [0, 0.1) is 0 Å². The lowest BCUT2D eigenvalue weighted by molar-refractivity contribution is -0.0807. The van der Waals surface area contributed by atoms with Gasteiger partial charge in [0.15, 0.2) is 0 Å². The number of methoxy groups -OCH3 is 1. The quantitative estimate of drug-likeness (QED) is 0.896. The van der Waals surface area contributed by atoms with E-state index in [9.17, 15) is 4.79 Å². The van der Waals surface area contributed by atoms with Crippen molar-refractivity contribution in [1.29, 1.82) is 0 Å². The lowest BCUT2D eigenvalue weighted by Gasteiger charge is -2.36. The summed E-state index contributed by atoms with van der Waals surface area (Å²) in [5.74, 6) is 0. The summed E-state index contributed by atoms with van der Waals surface area (Å²) in [6.07, 6.45) is 3.31. The van der Waals surface area contributed by atoms with E-state index in [1.54, 1.807) is 20.4 Å². The molecule has 0 aromatic carbocycles. The minimum absolute atomic E-state index is 0.163. The summed E-state index contributed by atoms with van der Waals surface area (Å²) in [5.41, 5.74) is 0.285. The topological polar surface area (TPSA) is 65.4 Å². The Hall–Kier alpha value is -0.920. The summed E-state index contributed by atoms with van der Waals surface area (Å²) in [6.45, 7) is 2.03. The molecule has 0 atom stereocenters. The molecule has 0 bridgehead atoms. The van der Waals surface area contributed by atoms with Crippen LogP contribution >= 0.6 is 15.9 Å². The van der Waals surface area contributed by atoms with E-state index >= 15 is 0 Å². The van der Waals surface area contributed by atoms with Crippen molar-refractivity contribution in [2.75, 3.05) is 32.2 Å². The van der Waals surface area contributed by atoms with Gasteiger partial charge >= 0.3 is 0 Å². The zero-order valence-corrected chi connectivity index (χ0v) is 12.7. The van der Waals surface area contributed by atoms with Crippen molar-refractivity contribution in [2.24, 2.45) is 7.05 Å². The van der Waals surface area contributed by atoms with Crippen LogP contribution in [0.2, 0.25) is 0 Å². The molecule has 7 heteroatoms. The molecular weight excluding hydrogens is 314 g/mol. The fraction of sp³-hybridized carbons (Fsp3) is 0.667. The van der Waals surface area contributed by atoms with Crippen molar-refractivity contribution in [2.45, 2.75) is 18.4 Å². The van der Waals surface area contributed by atoms with Crippen LogP contribution in [0.4, 0.5) is 5.69 Å². The van der Waals surface area contributed by atoms with Crippen molar-refractivity contribution >= 4 is 21.6 Å². The van der Waals surface area contributed by atoms with Gasteiger partial charge < -0.3 is 14.8 Å². The monoisotopic (exact) mass is 331 g/mol. The van der Waals surface area contributed by atoms with Crippen molar-refractivity contribution in [3.05, 3.63) is 21.0 Å². The van der Waals surface area contributed by atoms with Crippen LogP contribution < -0.4 is 10.9 Å². The molecule has 106 valence electrons. The summed E-state index contributed by atoms with van der Waals surface area (Å²) in [6, 6.07) is 0. The van der Waals surface area contributed by atoms with Crippen LogP contribution in [0.15, 0.2) is 15.5 Å². The number of nitrogens with one attached hydrogen (secondary N) is 1. The number of anilines is 1. The number of nitrogens with zero attached hydrogens (tertiary/aromatic N) is 2. The number of ether oxygens (including phenoxy) is 2. The van der Waals surface area contributed by atoms with Crippen LogP contribution in [0.3, 0.4) is 0 Å². The number of aromatic nitrogens is 2. The third kappa shape index (κ3) is 3.16. The fourth-order valence-corrected chi connectivity index (χ4v) is 2.59. The minimum atomic E-state index is -0.237. The Morgan fingerprint density at radius 2 is 2.26 bits per heavy atom. The lowest BCUT2D eigenvalue weighted by Crippen LogP contribution is -2.44. The summed E-state index contributed by atoms with van der Waals surface area (Å²) in [7, 11) is 3.33. The van der Waals surface area contributed by atoms with E-state index in [1.165, 1.54) is 4.68 Å². The van der Waals surface area contributed by atoms with Gasteiger partial charge in [-0.25, -0.2) is 4.68 Å². The van der Waals surface area contributed by atoms with Crippen LogP contribution in [0.5, 0.6) is 0 Å². The third-order valence-electron chi connectivity index (χ3n) is 3.52. The average Bonchev–Trinajstić information content (AvgIpc) is 2.45. The van der Waals surface area contributed by atoms with Crippen LogP contribution in [0.1, 0.15) is 12.8 Å². The largest absolute Gasteiger partial charge is 0.381 e. The number of aryl methyl sites for hydroxylation is 1. The average molecular weight is 332 g/mol. The minimum Gasteiger partial charge on any atom is -0.381 e. The maximum atomic E-state index is 11.8. The number of halogens is 1. The van der Waals surface area contributed by atoms with Gasteiger partial charge in [0.25, 0.3) is 5.56 Å². The Balaban J connectivity index is 2.09. The normalized spacial score (nSPS) is 18.3. The molecule has 0 aliphatic carbocycles. The SMILES string of the molecule is COC1(CNc2cnn(C)c(=O)c2Br)CCOCC1. The molecule has 0 unspecified atom stereocenters. The Morgan fingerprint density at radius 1 is 1.58 bits per heavy atom. The van der Waals surface area contributed by atoms with Gasteiger partial charge in [0, 0.05) is 46.8 Å². The standard InChI is InChI=1S/C12H18BrN3O3/c1-16-11(17)10(13)9(7-15-16)14-8-12(18-2)3-5-19-6-4-12/h7,14H,3-6,8H2,1-2H3. The predicted octanol–water partition coefficient (Wildman–Crippen LogP) is 1.15. The first kappa shape index (κ1) is 14.5. The second kappa shape index (κ2) is 6.02. The molecular formula is C12H18BrN3O3. The highest BCUT2D eigenvalue weighted by Crippen LogP contribution is 2.26. The predicted molar refractivity (Wildman–Crippen MR) is 75.5 cm³/mol. The van der Waals surface area contributed by atoms with Gasteiger partial charge in [0.1, 0.15) is 4.47 Å². The first-order valence-corrected chi connectivity index (χ1v) is 6.96. The molecule has 1 fully saturated rings. The highest BCUT2D eigenvalue weighted by Gasteiger charge is 2.32. The van der Waals surface area contributed by atoms with Crippen LogP contribution in [-0.2, 0) is 16.5 Å². The van der Waals surface area contributed by atoms with Gasteiger partial charge in [-0.1, -0.05) is 0 Å². The first-order chi connectivity index (χ1) is 9.08. The molecule has 1 aliphatic heterocycles. The first-order valence-electron chi connectivity index (χ1n) is 6.16. The molecule has 6 nitrogen and oxygen atoms in total. The van der Waals surface area contributed by atoms with E-state index in [0.717, 1.165) is 12.8 Å². The molecule has 1 N–H and O–H groups in total.